The molecule has 0 saturated heterocycles. The molecule has 5 rings (SSSR count). The van der Waals surface area contributed by atoms with Crippen LogP contribution < -0.4 is 5.32 Å². The van der Waals surface area contributed by atoms with Crippen LogP contribution in [-0.2, 0) is 31.5 Å². The first-order chi connectivity index (χ1) is 21.3. The van der Waals surface area contributed by atoms with Crippen molar-refractivity contribution in [1.29, 1.82) is 0 Å². The van der Waals surface area contributed by atoms with Crippen LogP contribution in [0.4, 0.5) is 10.3 Å². The highest BCUT2D eigenvalue weighted by Crippen LogP contribution is 2.31. The van der Waals surface area contributed by atoms with Crippen LogP contribution in [0.25, 0.3) is 22.3 Å². The van der Waals surface area contributed by atoms with E-state index in [1.54, 1.807) is 25.3 Å². The molecular formula is C34H40FN5O4S. The van der Waals surface area contributed by atoms with Gasteiger partial charge in [0.1, 0.15) is 21.8 Å². The van der Waals surface area contributed by atoms with E-state index in [4.69, 9.17) is 14.7 Å². The third kappa shape index (κ3) is 8.00. The van der Waals surface area contributed by atoms with Crippen LogP contribution in [0.3, 0.4) is 0 Å². The fourth-order valence-electron chi connectivity index (χ4n) is 5.81. The maximum absolute atomic E-state index is 14.2. The molecule has 1 N–H and O–H groups in total. The molecule has 3 aromatic heterocycles. The van der Waals surface area contributed by atoms with Crippen LogP contribution in [-0.4, -0.2) is 46.0 Å². The number of carbonyl (C=O) groups is 1. The second-order valence-electron chi connectivity index (χ2n) is 12.7. The van der Waals surface area contributed by atoms with Gasteiger partial charge in [0.15, 0.2) is 9.84 Å². The number of halogens is 1. The topological polar surface area (TPSA) is 124 Å². The lowest BCUT2D eigenvalue weighted by atomic mass is 9.84. The zero-order chi connectivity index (χ0) is 32.4. The van der Waals surface area contributed by atoms with Crippen LogP contribution in [0.15, 0.2) is 53.6 Å². The SMILES string of the molecule is CCc1cc(-c2ccc(CS(=O)(=O)c3ccccc3F)nc2C)nc2cnc(NC3CCC(CC(=O)OC(C)(C)C)CC3)nc12. The molecule has 0 aliphatic heterocycles. The van der Waals surface area contributed by atoms with Gasteiger partial charge in [0.05, 0.1) is 28.9 Å². The summed E-state index contributed by atoms with van der Waals surface area (Å²) >= 11 is 0. The highest BCUT2D eigenvalue weighted by molar-refractivity contribution is 7.90. The zero-order valence-electron chi connectivity index (χ0n) is 26.4. The molecule has 0 radical (unpaired) electrons. The molecule has 9 nitrogen and oxygen atoms in total. The zero-order valence-corrected chi connectivity index (χ0v) is 27.2. The molecule has 1 aliphatic carbocycles. The number of hydrogen-bond acceptors (Lipinski definition) is 9. The second-order valence-corrected chi connectivity index (χ2v) is 14.7. The van der Waals surface area contributed by atoms with Crippen molar-refractivity contribution in [3.63, 3.8) is 0 Å². The number of anilines is 1. The predicted molar refractivity (Wildman–Crippen MR) is 172 cm³/mol. The Labute approximate surface area is 264 Å². The number of hydrogen-bond donors (Lipinski definition) is 1. The van der Waals surface area contributed by atoms with Crippen molar-refractivity contribution in [2.45, 2.75) is 95.4 Å². The van der Waals surface area contributed by atoms with Crippen LogP contribution in [0, 0.1) is 18.7 Å². The Kier molecular flexibility index (Phi) is 9.48. The number of nitrogens with one attached hydrogen (secondary N) is 1. The minimum atomic E-state index is -3.90. The van der Waals surface area contributed by atoms with Gasteiger partial charge in [-0.3, -0.25) is 9.78 Å². The number of carbonyl (C=O) groups excluding carboxylic acids is 1. The van der Waals surface area contributed by atoms with Gasteiger partial charge in [-0.05, 0) is 102 Å². The summed E-state index contributed by atoms with van der Waals surface area (Å²) in [5.41, 5.74) is 4.38. The number of aryl methyl sites for hydroxylation is 2. The van der Waals surface area contributed by atoms with Gasteiger partial charge < -0.3 is 10.1 Å². The quantitative estimate of drug-likeness (QED) is 0.199. The maximum Gasteiger partial charge on any atom is 0.306 e. The summed E-state index contributed by atoms with van der Waals surface area (Å²) in [4.78, 5) is 30.6. The third-order valence-corrected chi connectivity index (χ3v) is 9.67. The largest absolute Gasteiger partial charge is 0.460 e. The number of benzene rings is 1. The smallest absolute Gasteiger partial charge is 0.306 e. The van der Waals surface area contributed by atoms with Crippen molar-refractivity contribution >= 4 is 32.8 Å². The number of sulfone groups is 1. The molecule has 4 aromatic rings. The van der Waals surface area contributed by atoms with Gasteiger partial charge in [0.2, 0.25) is 5.95 Å². The first-order valence-corrected chi connectivity index (χ1v) is 17.1. The van der Waals surface area contributed by atoms with E-state index in [1.807, 2.05) is 26.8 Å². The molecule has 0 unspecified atom stereocenters. The van der Waals surface area contributed by atoms with E-state index in [0.29, 0.717) is 40.9 Å². The number of pyridine rings is 2. The second kappa shape index (κ2) is 13.2. The first-order valence-electron chi connectivity index (χ1n) is 15.4. The number of aromatic nitrogens is 4. The summed E-state index contributed by atoms with van der Waals surface area (Å²) in [5.74, 6) is -0.435. The summed E-state index contributed by atoms with van der Waals surface area (Å²) in [6.07, 6.45) is 6.64. The highest BCUT2D eigenvalue weighted by Gasteiger charge is 2.26. The lowest BCUT2D eigenvalue weighted by Crippen LogP contribution is -2.30. The minimum Gasteiger partial charge on any atom is -0.460 e. The van der Waals surface area contributed by atoms with Crippen LogP contribution in [0.2, 0.25) is 0 Å². The van der Waals surface area contributed by atoms with Crippen molar-refractivity contribution in [1.82, 2.24) is 19.9 Å². The van der Waals surface area contributed by atoms with E-state index < -0.39 is 27.0 Å². The van der Waals surface area contributed by atoms with Gasteiger partial charge >= 0.3 is 5.97 Å². The van der Waals surface area contributed by atoms with Crippen molar-refractivity contribution in [2.75, 3.05) is 5.32 Å². The predicted octanol–water partition coefficient (Wildman–Crippen LogP) is 6.77. The molecule has 0 amide bonds. The maximum atomic E-state index is 14.2. The Morgan fingerprint density at radius 1 is 1.04 bits per heavy atom. The van der Waals surface area contributed by atoms with Crippen molar-refractivity contribution in [3.8, 4) is 11.3 Å². The fourth-order valence-corrected chi connectivity index (χ4v) is 7.17. The normalized spacial score (nSPS) is 17.3. The average Bonchev–Trinajstić information content (AvgIpc) is 2.96. The Hall–Kier alpha value is -3.99. The van der Waals surface area contributed by atoms with Crippen molar-refractivity contribution in [2.24, 2.45) is 5.92 Å². The Morgan fingerprint density at radius 2 is 1.78 bits per heavy atom. The molecule has 11 heteroatoms. The van der Waals surface area contributed by atoms with Gasteiger partial charge in [-0.1, -0.05) is 19.1 Å². The lowest BCUT2D eigenvalue weighted by Gasteiger charge is -2.29. The van der Waals surface area contributed by atoms with Gasteiger partial charge in [-0.25, -0.2) is 27.8 Å². The molecule has 45 heavy (non-hydrogen) atoms. The van der Waals surface area contributed by atoms with Crippen LogP contribution in [0.1, 0.15) is 76.8 Å². The minimum absolute atomic E-state index is 0.134. The Bertz CT molecular complexity index is 1820. The molecule has 1 aliphatic rings. The molecule has 0 bridgehead atoms. The van der Waals surface area contributed by atoms with E-state index in [-0.39, 0.29) is 16.9 Å². The van der Waals surface area contributed by atoms with Gasteiger partial charge in [0.25, 0.3) is 0 Å². The molecule has 1 aromatic carbocycles. The standard InChI is InChI=1S/C34H40FN5O4S/c1-6-23-18-28(26-16-15-25(37-21(26)2)20-45(42,43)30-10-8-7-9-27(30)35)39-29-19-36-33(40-32(23)29)38-24-13-11-22(12-14-24)17-31(41)44-34(3,4)5/h7-10,15-16,18-19,22,24H,6,11-14,17,20H2,1-5H3,(H,36,38,40). The summed E-state index contributed by atoms with van der Waals surface area (Å²) < 4.78 is 45.3. The Morgan fingerprint density at radius 3 is 2.44 bits per heavy atom. The van der Waals surface area contributed by atoms with Crippen molar-refractivity contribution in [3.05, 3.63) is 71.4 Å². The molecular weight excluding hydrogens is 593 g/mol. The van der Waals surface area contributed by atoms with Gasteiger partial charge in [-0.2, -0.15) is 0 Å². The monoisotopic (exact) mass is 633 g/mol. The summed E-state index contributed by atoms with van der Waals surface area (Å²) in [7, 11) is -3.90. The molecule has 1 saturated carbocycles. The van der Waals surface area contributed by atoms with Crippen molar-refractivity contribution < 1.29 is 22.3 Å². The van der Waals surface area contributed by atoms with Gasteiger partial charge in [-0.15, -0.1) is 0 Å². The molecule has 0 spiro atoms. The van der Waals surface area contributed by atoms with E-state index in [2.05, 4.69) is 22.2 Å². The van der Waals surface area contributed by atoms with Crippen LogP contribution >= 0.6 is 0 Å². The van der Waals surface area contributed by atoms with E-state index in [1.165, 1.54) is 18.2 Å². The van der Waals surface area contributed by atoms with E-state index in [9.17, 15) is 17.6 Å². The fraction of sp³-hybridized carbons (Fsp3) is 0.441. The Balaban J connectivity index is 1.28. The van der Waals surface area contributed by atoms with E-state index in [0.717, 1.165) is 54.8 Å². The summed E-state index contributed by atoms with van der Waals surface area (Å²) in [6.45, 7) is 9.53. The average molecular weight is 634 g/mol. The number of ether oxygens (including phenoxy) is 1. The molecule has 1 fully saturated rings. The summed E-state index contributed by atoms with van der Waals surface area (Å²) in [6, 6.07) is 11.0. The number of nitrogens with zero attached hydrogens (tertiary/aromatic N) is 4. The third-order valence-electron chi connectivity index (χ3n) is 7.99. The number of rotatable bonds is 9. The van der Waals surface area contributed by atoms with Crippen LogP contribution in [0.5, 0.6) is 0 Å². The molecule has 0 atom stereocenters. The van der Waals surface area contributed by atoms with E-state index >= 15 is 0 Å². The summed E-state index contributed by atoms with van der Waals surface area (Å²) in [5, 5.41) is 3.48. The lowest BCUT2D eigenvalue weighted by molar-refractivity contribution is -0.156. The van der Waals surface area contributed by atoms with Gasteiger partial charge in [0, 0.05) is 23.7 Å². The number of esters is 1. The molecule has 238 valence electrons. The molecule has 3 heterocycles. The highest BCUT2D eigenvalue weighted by atomic mass is 32.2. The first kappa shape index (κ1) is 32.4. The number of fused-ring (bicyclic) bond motifs is 1.